The fraction of sp³-hybridized carbons (Fsp3) is 0.733. The number of rotatable bonds is 6. The molecule has 0 aliphatic carbocycles. The third-order valence-corrected chi connectivity index (χ3v) is 4.43. The van der Waals surface area contributed by atoms with Gasteiger partial charge in [0, 0.05) is 37.7 Å². The van der Waals surface area contributed by atoms with Crippen molar-refractivity contribution >= 4 is 5.91 Å². The highest BCUT2D eigenvalue weighted by Crippen LogP contribution is 2.25. The van der Waals surface area contributed by atoms with Gasteiger partial charge in [0.25, 0.3) is 0 Å². The zero-order valence-corrected chi connectivity index (χ0v) is 13.2. The van der Waals surface area contributed by atoms with Gasteiger partial charge < -0.3 is 15.0 Å². The molecule has 0 unspecified atom stereocenters. The van der Waals surface area contributed by atoms with Crippen LogP contribution in [-0.2, 0) is 16.1 Å². The van der Waals surface area contributed by atoms with Crippen molar-refractivity contribution in [2.75, 3.05) is 33.9 Å². The Hall–Kier alpha value is -1.40. The van der Waals surface area contributed by atoms with Crippen LogP contribution in [0.5, 0.6) is 0 Å². The lowest BCUT2D eigenvalue weighted by Gasteiger charge is -2.43. The first-order valence-electron chi connectivity index (χ1n) is 7.54. The quantitative estimate of drug-likeness (QED) is 0.841. The Kier molecular flexibility index (Phi) is 5.36. The molecule has 0 radical (unpaired) electrons. The molecule has 6 heteroatoms. The first-order chi connectivity index (χ1) is 10.0. The molecule has 1 aromatic rings. The second-order valence-electron chi connectivity index (χ2n) is 6.08. The fourth-order valence-electron chi connectivity index (χ4n) is 2.73. The number of aromatic nitrogens is 2. The van der Waals surface area contributed by atoms with Crippen molar-refractivity contribution in [3.63, 3.8) is 0 Å². The zero-order chi connectivity index (χ0) is 15.3. The third-order valence-electron chi connectivity index (χ3n) is 4.43. The van der Waals surface area contributed by atoms with E-state index in [1.807, 2.05) is 19.2 Å². The van der Waals surface area contributed by atoms with Crippen LogP contribution in [0.25, 0.3) is 0 Å². The number of carbonyl (C=O) groups is 1. The number of nitrogens with one attached hydrogen (secondary N) is 1. The largest absolute Gasteiger partial charge is 0.381 e. The van der Waals surface area contributed by atoms with Gasteiger partial charge in [0.15, 0.2) is 0 Å². The number of amides is 1. The molecule has 0 spiro atoms. The van der Waals surface area contributed by atoms with E-state index in [-0.39, 0.29) is 17.4 Å². The lowest BCUT2D eigenvalue weighted by atomic mass is 9.88. The molecule has 21 heavy (non-hydrogen) atoms. The summed E-state index contributed by atoms with van der Waals surface area (Å²) in [6.07, 6.45) is 5.51. The molecule has 1 fully saturated rings. The molecule has 1 aromatic heterocycles. The highest BCUT2D eigenvalue weighted by molar-refractivity contribution is 5.78. The fourth-order valence-corrected chi connectivity index (χ4v) is 2.73. The highest BCUT2D eigenvalue weighted by Gasteiger charge is 2.35. The number of likely N-dealkylation sites (N-methyl/N-ethyl adjacent to an activating group) is 1. The smallest absolute Gasteiger partial charge is 0.224 e. The first-order valence-corrected chi connectivity index (χ1v) is 7.54. The van der Waals surface area contributed by atoms with E-state index in [0.717, 1.165) is 26.1 Å². The molecule has 1 N–H and O–H groups in total. The predicted molar refractivity (Wildman–Crippen MR) is 80.9 cm³/mol. The van der Waals surface area contributed by atoms with E-state index < -0.39 is 0 Å². The minimum absolute atomic E-state index is 0.0132. The predicted octanol–water partition coefficient (Wildman–Crippen LogP) is 0.746. The average molecular weight is 294 g/mol. The van der Waals surface area contributed by atoms with Gasteiger partial charge in [-0.15, -0.1) is 0 Å². The van der Waals surface area contributed by atoms with Crippen LogP contribution < -0.4 is 5.32 Å². The van der Waals surface area contributed by atoms with Crippen LogP contribution in [0.1, 0.15) is 19.8 Å². The van der Waals surface area contributed by atoms with E-state index in [1.54, 1.807) is 10.9 Å². The Morgan fingerprint density at radius 2 is 2.19 bits per heavy atom. The van der Waals surface area contributed by atoms with Gasteiger partial charge in [0.2, 0.25) is 5.91 Å². The van der Waals surface area contributed by atoms with Crippen LogP contribution in [-0.4, -0.2) is 60.0 Å². The van der Waals surface area contributed by atoms with Crippen molar-refractivity contribution in [2.24, 2.45) is 5.92 Å². The Bertz CT molecular complexity index is 439. The lowest BCUT2D eigenvalue weighted by Crippen LogP contribution is -2.56. The molecule has 0 aromatic carbocycles. The summed E-state index contributed by atoms with van der Waals surface area (Å²) in [6.45, 7) is 4.74. The molecule has 118 valence electrons. The minimum Gasteiger partial charge on any atom is -0.381 e. The molecule has 2 heterocycles. The van der Waals surface area contributed by atoms with Gasteiger partial charge in [-0.1, -0.05) is 6.92 Å². The van der Waals surface area contributed by atoms with Crippen molar-refractivity contribution in [3.05, 3.63) is 18.5 Å². The second kappa shape index (κ2) is 7.04. The van der Waals surface area contributed by atoms with Crippen LogP contribution in [0.15, 0.2) is 18.5 Å². The number of carbonyl (C=O) groups excluding carboxylic acids is 1. The maximum Gasteiger partial charge on any atom is 0.224 e. The molecule has 2 rings (SSSR count). The van der Waals surface area contributed by atoms with E-state index in [2.05, 4.69) is 29.4 Å². The average Bonchev–Trinajstić information content (AvgIpc) is 2.98. The van der Waals surface area contributed by atoms with Crippen molar-refractivity contribution < 1.29 is 9.53 Å². The third kappa shape index (κ3) is 4.04. The van der Waals surface area contributed by atoms with Gasteiger partial charge in [-0.2, -0.15) is 5.10 Å². The number of hydrogen-bond acceptors (Lipinski definition) is 4. The van der Waals surface area contributed by atoms with Gasteiger partial charge in [-0.05, 0) is 33.0 Å². The van der Waals surface area contributed by atoms with Crippen LogP contribution >= 0.6 is 0 Å². The van der Waals surface area contributed by atoms with Crippen LogP contribution in [0, 0.1) is 5.92 Å². The molecule has 0 bridgehead atoms. The summed E-state index contributed by atoms with van der Waals surface area (Å²) in [4.78, 5) is 14.5. The van der Waals surface area contributed by atoms with Crippen LogP contribution in [0.4, 0.5) is 0 Å². The summed E-state index contributed by atoms with van der Waals surface area (Å²) in [5, 5.41) is 7.25. The molecule has 1 aliphatic rings. The molecule has 1 amide bonds. The van der Waals surface area contributed by atoms with Crippen LogP contribution in [0.2, 0.25) is 0 Å². The number of ether oxygens (including phenoxy) is 1. The summed E-state index contributed by atoms with van der Waals surface area (Å²) >= 11 is 0. The van der Waals surface area contributed by atoms with Crippen molar-refractivity contribution in [3.8, 4) is 0 Å². The summed E-state index contributed by atoms with van der Waals surface area (Å²) in [5.74, 6) is -0.0119. The van der Waals surface area contributed by atoms with Gasteiger partial charge in [-0.25, -0.2) is 0 Å². The van der Waals surface area contributed by atoms with Crippen molar-refractivity contribution in [1.82, 2.24) is 20.0 Å². The highest BCUT2D eigenvalue weighted by atomic mass is 16.5. The first kappa shape index (κ1) is 16.0. The molecule has 1 atom stereocenters. The van der Waals surface area contributed by atoms with Crippen molar-refractivity contribution in [2.45, 2.75) is 31.8 Å². The minimum atomic E-state index is -0.0936. The molecular formula is C15H26N4O2. The summed E-state index contributed by atoms with van der Waals surface area (Å²) in [7, 11) is 4.15. The number of nitrogens with zero attached hydrogens (tertiary/aromatic N) is 3. The van der Waals surface area contributed by atoms with Crippen LogP contribution in [0.3, 0.4) is 0 Å². The molecule has 6 nitrogen and oxygen atoms in total. The van der Waals surface area contributed by atoms with Gasteiger partial charge in [0.1, 0.15) is 0 Å². The summed E-state index contributed by atoms with van der Waals surface area (Å²) < 4.78 is 7.24. The number of hydrogen-bond donors (Lipinski definition) is 1. The topological polar surface area (TPSA) is 59.4 Å². The van der Waals surface area contributed by atoms with E-state index >= 15 is 0 Å². The lowest BCUT2D eigenvalue weighted by molar-refractivity contribution is -0.126. The normalized spacial score (nSPS) is 19.4. The molecular weight excluding hydrogens is 268 g/mol. The van der Waals surface area contributed by atoms with Gasteiger partial charge >= 0.3 is 0 Å². The Labute approximate surface area is 126 Å². The zero-order valence-electron chi connectivity index (χ0n) is 13.2. The summed E-state index contributed by atoms with van der Waals surface area (Å²) in [5.41, 5.74) is 0.0132. The SMILES string of the molecule is C[C@H](Cn1cccn1)C(=O)NCC1(N(C)C)CCOCC1. The standard InChI is InChI=1S/C15H26N4O2/c1-13(11-19-8-4-7-17-19)14(20)16-12-15(18(2)3)5-9-21-10-6-15/h4,7-8,13H,5-6,9-12H2,1-3H3,(H,16,20)/t13-/m1/s1. The second-order valence-corrected chi connectivity index (χ2v) is 6.08. The maximum absolute atomic E-state index is 12.3. The van der Waals surface area contributed by atoms with E-state index in [0.29, 0.717) is 13.1 Å². The van der Waals surface area contributed by atoms with E-state index in [9.17, 15) is 4.79 Å². The monoisotopic (exact) mass is 294 g/mol. The van der Waals surface area contributed by atoms with Gasteiger partial charge in [-0.3, -0.25) is 9.48 Å². The summed E-state index contributed by atoms with van der Waals surface area (Å²) in [6, 6.07) is 1.87. The molecule has 1 saturated heterocycles. The Morgan fingerprint density at radius 1 is 1.48 bits per heavy atom. The Morgan fingerprint density at radius 3 is 2.76 bits per heavy atom. The van der Waals surface area contributed by atoms with E-state index in [4.69, 9.17) is 4.74 Å². The van der Waals surface area contributed by atoms with Crippen molar-refractivity contribution in [1.29, 1.82) is 0 Å². The molecule has 0 saturated carbocycles. The van der Waals surface area contributed by atoms with E-state index in [1.165, 1.54) is 0 Å². The van der Waals surface area contributed by atoms with Gasteiger partial charge in [0.05, 0.1) is 12.5 Å². The Balaban J connectivity index is 1.86. The maximum atomic E-state index is 12.3. The molecule has 1 aliphatic heterocycles.